The lowest BCUT2D eigenvalue weighted by Crippen LogP contribution is -2.38. The minimum atomic E-state index is -0.551. The Balaban J connectivity index is 1.60. The normalized spacial score (nSPS) is 16.9. The summed E-state index contributed by atoms with van der Waals surface area (Å²) in [5.74, 6) is 0.157. The van der Waals surface area contributed by atoms with Gasteiger partial charge in [0.1, 0.15) is 5.75 Å². The van der Waals surface area contributed by atoms with Crippen molar-refractivity contribution in [1.29, 1.82) is 0 Å². The Kier molecular flexibility index (Phi) is 6.08. The van der Waals surface area contributed by atoms with Crippen LogP contribution in [0, 0.1) is 0 Å². The van der Waals surface area contributed by atoms with Crippen molar-refractivity contribution in [3.05, 3.63) is 59.7 Å². The van der Waals surface area contributed by atoms with E-state index in [2.05, 4.69) is 22.3 Å². The Morgan fingerprint density at radius 1 is 1.19 bits per heavy atom. The highest BCUT2D eigenvalue weighted by atomic mass is 16.5. The number of anilines is 1. The predicted octanol–water partition coefficient (Wildman–Crippen LogP) is 2.44. The maximum atomic E-state index is 12.5. The second kappa shape index (κ2) is 8.68. The summed E-state index contributed by atoms with van der Waals surface area (Å²) < 4.78 is 5.20. The van der Waals surface area contributed by atoms with Crippen LogP contribution in [-0.4, -0.2) is 43.0 Å². The third kappa shape index (κ3) is 4.86. The number of hydrogen-bond acceptors (Lipinski definition) is 4. The van der Waals surface area contributed by atoms with Crippen molar-refractivity contribution in [3.63, 3.8) is 0 Å². The first-order valence-corrected chi connectivity index (χ1v) is 9.12. The molecule has 142 valence electrons. The predicted molar refractivity (Wildman–Crippen MR) is 105 cm³/mol. The van der Waals surface area contributed by atoms with Gasteiger partial charge >= 0.3 is 0 Å². The summed E-state index contributed by atoms with van der Waals surface area (Å²) in [6, 6.07) is 15.2. The number of rotatable bonds is 7. The van der Waals surface area contributed by atoms with Gasteiger partial charge in [-0.1, -0.05) is 24.3 Å². The molecule has 0 bridgehead atoms. The molecule has 1 aliphatic heterocycles. The van der Waals surface area contributed by atoms with Gasteiger partial charge in [0.15, 0.2) is 0 Å². The number of likely N-dealkylation sites (tertiary alicyclic amines) is 1. The number of carbonyl (C=O) groups excluding carboxylic acids is 2. The number of benzene rings is 2. The molecule has 6 heteroatoms. The van der Waals surface area contributed by atoms with E-state index in [-0.39, 0.29) is 5.91 Å². The number of primary amides is 1. The van der Waals surface area contributed by atoms with E-state index in [0.29, 0.717) is 23.8 Å². The molecule has 0 saturated carbocycles. The third-order valence-electron chi connectivity index (χ3n) is 4.94. The van der Waals surface area contributed by atoms with Crippen LogP contribution in [0.4, 0.5) is 5.69 Å². The summed E-state index contributed by atoms with van der Waals surface area (Å²) in [7, 11) is 1.66. The standard InChI is InChI=1S/C21H25N3O3/c1-27-17-10-8-15(9-11-17)13-16-5-4-12-24(16)14-20(25)23-19-7-3-2-6-18(19)21(22)26/h2-3,6-11,16H,4-5,12-14H2,1H3,(H2,22,26)(H,23,25). The first-order chi connectivity index (χ1) is 13.1. The van der Waals surface area contributed by atoms with E-state index < -0.39 is 5.91 Å². The molecule has 1 atom stereocenters. The zero-order valence-corrected chi connectivity index (χ0v) is 15.5. The molecule has 3 N–H and O–H groups in total. The van der Waals surface area contributed by atoms with Gasteiger partial charge in [0.05, 0.1) is 24.9 Å². The molecule has 1 saturated heterocycles. The van der Waals surface area contributed by atoms with Crippen molar-refractivity contribution >= 4 is 17.5 Å². The molecule has 0 radical (unpaired) electrons. The van der Waals surface area contributed by atoms with E-state index in [1.807, 2.05) is 12.1 Å². The monoisotopic (exact) mass is 367 g/mol. The summed E-state index contributed by atoms with van der Waals surface area (Å²) >= 11 is 0. The van der Waals surface area contributed by atoms with Crippen LogP contribution in [0.15, 0.2) is 48.5 Å². The van der Waals surface area contributed by atoms with Gasteiger partial charge in [-0.2, -0.15) is 0 Å². The average Bonchev–Trinajstić information content (AvgIpc) is 3.09. The van der Waals surface area contributed by atoms with Crippen LogP contribution in [0.5, 0.6) is 5.75 Å². The zero-order valence-electron chi connectivity index (χ0n) is 15.5. The maximum absolute atomic E-state index is 12.5. The number of amides is 2. The van der Waals surface area contributed by atoms with Gasteiger partial charge < -0.3 is 15.8 Å². The molecule has 2 amide bonds. The number of ether oxygens (including phenoxy) is 1. The van der Waals surface area contributed by atoms with Crippen molar-refractivity contribution in [2.75, 3.05) is 25.5 Å². The van der Waals surface area contributed by atoms with Gasteiger partial charge in [0.25, 0.3) is 5.91 Å². The molecular weight excluding hydrogens is 342 g/mol. The van der Waals surface area contributed by atoms with Crippen LogP contribution in [0.25, 0.3) is 0 Å². The van der Waals surface area contributed by atoms with Gasteiger partial charge in [-0.15, -0.1) is 0 Å². The molecule has 2 aromatic rings. The van der Waals surface area contributed by atoms with Crippen LogP contribution in [-0.2, 0) is 11.2 Å². The van der Waals surface area contributed by atoms with Crippen LogP contribution < -0.4 is 15.8 Å². The molecule has 1 heterocycles. The summed E-state index contributed by atoms with van der Waals surface area (Å²) in [6.45, 7) is 1.19. The quantitative estimate of drug-likeness (QED) is 0.787. The van der Waals surface area contributed by atoms with E-state index in [0.717, 1.165) is 31.6 Å². The molecule has 27 heavy (non-hydrogen) atoms. The minimum absolute atomic E-state index is 0.134. The van der Waals surface area contributed by atoms with Crippen LogP contribution in [0.2, 0.25) is 0 Å². The number of carbonyl (C=O) groups is 2. The Morgan fingerprint density at radius 3 is 2.63 bits per heavy atom. The first-order valence-electron chi connectivity index (χ1n) is 9.12. The Morgan fingerprint density at radius 2 is 1.93 bits per heavy atom. The first kappa shape index (κ1) is 18.9. The van der Waals surface area contributed by atoms with Crippen molar-refractivity contribution in [3.8, 4) is 5.75 Å². The summed E-state index contributed by atoms with van der Waals surface area (Å²) in [5, 5.41) is 2.82. The van der Waals surface area contributed by atoms with Gasteiger partial charge in [-0.05, 0) is 55.6 Å². The second-order valence-electron chi connectivity index (χ2n) is 6.78. The van der Waals surface area contributed by atoms with Gasteiger partial charge in [0.2, 0.25) is 5.91 Å². The Labute approximate surface area is 159 Å². The number of hydrogen-bond donors (Lipinski definition) is 2. The summed E-state index contributed by atoms with van der Waals surface area (Å²) in [5.41, 5.74) is 7.38. The Hall–Kier alpha value is -2.86. The topological polar surface area (TPSA) is 84.7 Å². The molecule has 2 aromatic carbocycles. The van der Waals surface area contributed by atoms with E-state index in [1.54, 1.807) is 31.4 Å². The lowest BCUT2D eigenvalue weighted by atomic mass is 10.0. The van der Waals surface area contributed by atoms with Gasteiger partial charge in [-0.3, -0.25) is 14.5 Å². The SMILES string of the molecule is COc1ccc(CC2CCCN2CC(=O)Nc2ccccc2C(N)=O)cc1. The summed E-state index contributed by atoms with van der Waals surface area (Å²) in [6.07, 6.45) is 3.04. The van der Waals surface area contributed by atoms with Crippen molar-refractivity contribution < 1.29 is 14.3 Å². The number of para-hydroxylation sites is 1. The smallest absolute Gasteiger partial charge is 0.250 e. The van der Waals surface area contributed by atoms with Gasteiger partial charge in [-0.25, -0.2) is 0 Å². The molecule has 1 fully saturated rings. The number of nitrogens with two attached hydrogens (primary N) is 1. The molecule has 6 nitrogen and oxygen atoms in total. The molecular formula is C21H25N3O3. The van der Waals surface area contributed by atoms with Crippen LogP contribution in [0.1, 0.15) is 28.8 Å². The molecule has 0 aromatic heterocycles. The van der Waals surface area contributed by atoms with E-state index in [4.69, 9.17) is 10.5 Å². The molecule has 1 unspecified atom stereocenters. The highest BCUT2D eigenvalue weighted by molar-refractivity contribution is 6.03. The van der Waals surface area contributed by atoms with Crippen molar-refractivity contribution in [2.45, 2.75) is 25.3 Å². The molecule has 0 spiro atoms. The van der Waals surface area contributed by atoms with Crippen molar-refractivity contribution in [1.82, 2.24) is 4.90 Å². The molecule has 0 aliphatic carbocycles. The van der Waals surface area contributed by atoms with E-state index in [9.17, 15) is 9.59 Å². The number of nitrogens with zero attached hydrogens (tertiary/aromatic N) is 1. The lowest BCUT2D eigenvalue weighted by molar-refractivity contribution is -0.117. The molecule has 1 aliphatic rings. The number of methoxy groups -OCH3 is 1. The van der Waals surface area contributed by atoms with E-state index in [1.165, 1.54) is 5.56 Å². The maximum Gasteiger partial charge on any atom is 0.250 e. The minimum Gasteiger partial charge on any atom is -0.497 e. The Bertz CT molecular complexity index is 805. The van der Waals surface area contributed by atoms with Crippen LogP contribution >= 0.6 is 0 Å². The summed E-state index contributed by atoms with van der Waals surface area (Å²) in [4.78, 5) is 26.2. The van der Waals surface area contributed by atoms with Gasteiger partial charge in [0, 0.05) is 6.04 Å². The number of nitrogens with one attached hydrogen (secondary N) is 1. The highest BCUT2D eigenvalue weighted by Gasteiger charge is 2.26. The second-order valence-corrected chi connectivity index (χ2v) is 6.78. The average molecular weight is 367 g/mol. The third-order valence-corrected chi connectivity index (χ3v) is 4.94. The largest absolute Gasteiger partial charge is 0.497 e. The fraction of sp³-hybridized carbons (Fsp3) is 0.333. The lowest BCUT2D eigenvalue weighted by Gasteiger charge is -2.24. The van der Waals surface area contributed by atoms with Crippen molar-refractivity contribution in [2.24, 2.45) is 5.73 Å². The highest BCUT2D eigenvalue weighted by Crippen LogP contribution is 2.22. The van der Waals surface area contributed by atoms with Crippen LogP contribution in [0.3, 0.4) is 0 Å². The molecule has 3 rings (SSSR count). The zero-order chi connectivity index (χ0) is 19.2. The fourth-order valence-corrected chi connectivity index (χ4v) is 3.55. The fourth-order valence-electron chi connectivity index (χ4n) is 3.55. The van der Waals surface area contributed by atoms with E-state index >= 15 is 0 Å².